The van der Waals surface area contributed by atoms with E-state index in [1.165, 1.54) is 12.8 Å². The number of ether oxygens (including phenoxy) is 1. The normalized spacial score (nSPS) is 20.5. The Labute approximate surface area is 101 Å². The highest BCUT2D eigenvalue weighted by atomic mass is 35.5. The summed E-state index contributed by atoms with van der Waals surface area (Å²) < 4.78 is 7.45. The number of nitrogens with one attached hydrogen (secondary N) is 1. The van der Waals surface area contributed by atoms with E-state index in [4.69, 9.17) is 16.3 Å². The van der Waals surface area contributed by atoms with Gasteiger partial charge in [0.2, 0.25) is 0 Å². The Balaban J connectivity index is 1.66. The monoisotopic (exact) mass is 243 g/mol. The zero-order valence-electron chi connectivity index (χ0n) is 9.58. The molecule has 1 aliphatic heterocycles. The molecule has 1 aromatic heterocycles. The molecule has 16 heavy (non-hydrogen) atoms. The molecule has 1 unspecified atom stereocenters. The van der Waals surface area contributed by atoms with E-state index in [0.29, 0.717) is 6.10 Å². The van der Waals surface area contributed by atoms with Crippen molar-refractivity contribution in [1.82, 2.24) is 15.1 Å². The van der Waals surface area contributed by atoms with Crippen LogP contribution in [0.5, 0.6) is 0 Å². The third-order valence-corrected chi connectivity index (χ3v) is 3.31. The van der Waals surface area contributed by atoms with Crippen LogP contribution in [0.3, 0.4) is 0 Å². The smallest absolute Gasteiger partial charge is 0.0814 e. The van der Waals surface area contributed by atoms with Gasteiger partial charge in [-0.15, -0.1) is 0 Å². The molecule has 5 heteroatoms. The van der Waals surface area contributed by atoms with Crippen molar-refractivity contribution in [2.45, 2.75) is 32.4 Å². The van der Waals surface area contributed by atoms with Gasteiger partial charge in [0, 0.05) is 19.7 Å². The highest BCUT2D eigenvalue weighted by Gasteiger charge is 2.14. The molecule has 1 fully saturated rings. The van der Waals surface area contributed by atoms with Crippen molar-refractivity contribution in [2.75, 3.05) is 19.7 Å². The van der Waals surface area contributed by atoms with Gasteiger partial charge in [0.15, 0.2) is 0 Å². The third kappa shape index (κ3) is 2.97. The summed E-state index contributed by atoms with van der Waals surface area (Å²) >= 11 is 5.92. The molecule has 1 aliphatic rings. The Morgan fingerprint density at radius 2 is 2.56 bits per heavy atom. The number of hydrogen-bond donors (Lipinski definition) is 1. The van der Waals surface area contributed by atoms with E-state index in [0.717, 1.165) is 37.0 Å². The lowest BCUT2D eigenvalue weighted by Gasteiger charge is -2.11. The van der Waals surface area contributed by atoms with Gasteiger partial charge in [-0.1, -0.05) is 11.6 Å². The average Bonchev–Trinajstić information content (AvgIpc) is 2.88. The van der Waals surface area contributed by atoms with Crippen LogP contribution < -0.4 is 5.32 Å². The fraction of sp³-hybridized carbons (Fsp3) is 0.727. The lowest BCUT2D eigenvalue weighted by molar-refractivity contribution is 0.110. The van der Waals surface area contributed by atoms with Gasteiger partial charge in [-0.2, -0.15) is 5.10 Å². The first-order chi connectivity index (χ1) is 7.77. The number of hydrogen-bond acceptors (Lipinski definition) is 3. The maximum Gasteiger partial charge on any atom is 0.0814 e. The lowest BCUT2D eigenvalue weighted by Crippen LogP contribution is -2.29. The van der Waals surface area contributed by atoms with Crippen LogP contribution >= 0.6 is 11.6 Å². The Hall–Kier alpha value is -0.580. The fourth-order valence-electron chi connectivity index (χ4n) is 1.90. The molecule has 0 spiro atoms. The summed E-state index contributed by atoms with van der Waals surface area (Å²) in [6, 6.07) is 0. The van der Waals surface area contributed by atoms with Crippen molar-refractivity contribution in [3.05, 3.63) is 16.9 Å². The molecule has 1 atom stereocenters. The minimum atomic E-state index is 0.405. The van der Waals surface area contributed by atoms with Crippen LogP contribution in [0.1, 0.15) is 18.5 Å². The molecule has 2 heterocycles. The van der Waals surface area contributed by atoms with Crippen LogP contribution in [0.25, 0.3) is 0 Å². The van der Waals surface area contributed by atoms with Crippen molar-refractivity contribution in [3.8, 4) is 0 Å². The van der Waals surface area contributed by atoms with Gasteiger partial charge < -0.3 is 10.1 Å². The summed E-state index contributed by atoms with van der Waals surface area (Å²) in [6.45, 7) is 5.59. The molecule has 0 aliphatic carbocycles. The SMILES string of the molecule is Cc1c(Cl)cnn1CCNCC1CCCO1. The van der Waals surface area contributed by atoms with Crippen molar-refractivity contribution in [2.24, 2.45) is 0 Å². The van der Waals surface area contributed by atoms with Gasteiger partial charge in [-0.3, -0.25) is 4.68 Å². The van der Waals surface area contributed by atoms with Gasteiger partial charge in [0.25, 0.3) is 0 Å². The van der Waals surface area contributed by atoms with E-state index in [9.17, 15) is 0 Å². The van der Waals surface area contributed by atoms with E-state index >= 15 is 0 Å². The molecule has 2 rings (SSSR count). The van der Waals surface area contributed by atoms with Crippen LogP contribution in [0.2, 0.25) is 5.02 Å². The maximum absolute atomic E-state index is 5.92. The van der Waals surface area contributed by atoms with Crippen LogP contribution in [0.15, 0.2) is 6.20 Å². The molecule has 90 valence electrons. The number of rotatable bonds is 5. The quantitative estimate of drug-likeness (QED) is 0.799. The molecule has 1 aromatic rings. The first-order valence-electron chi connectivity index (χ1n) is 5.77. The summed E-state index contributed by atoms with van der Waals surface area (Å²) in [7, 11) is 0. The standard InChI is InChI=1S/C11H18ClN3O/c1-9-11(12)8-14-15(9)5-4-13-7-10-3-2-6-16-10/h8,10,13H,2-7H2,1H3. The molecule has 1 saturated heterocycles. The minimum absolute atomic E-state index is 0.405. The summed E-state index contributed by atoms with van der Waals surface area (Å²) in [5.74, 6) is 0. The van der Waals surface area contributed by atoms with Crippen LogP contribution in [-0.4, -0.2) is 35.6 Å². The second-order valence-corrected chi connectivity index (χ2v) is 4.55. The zero-order valence-corrected chi connectivity index (χ0v) is 10.3. The lowest BCUT2D eigenvalue weighted by atomic mass is 10.2. The van der Waals surface area contributed by atoms with Crippen LogP contribution in [0.4, 0.5) is 0 Å². The maximum atomic E-state index is 5.92. The number of aromatic nitrogens is 2. The third-order valence-electron chi connectivity index (χ3n) is 2.94. The Kier molecular flexibility index (Phi) is 4.21. The number of halogens is 1. The van der Waals surface area contributed by atoms with Gasteiger partial charge in [0.05, 0.1) is 29.6 Å². The van der Waals surface area contributed by atoms with E-state index in [-0.39, 0.29) is 0 Å². The highest BCUT2D eigenvalue weighted by molar-refractivity contribution is 6.31. The fourth-order valence-corrected chi connectivity index (χ4v) is 2.04. The Morgan fingerprint density at radius 1 is 1.69 bits per heavy atom. The predicted molar refractivity (Wildman–Crippen MR) is 63.8 cm³/mol. The molecule has 4 nitrogen and oxygen atoms in total. The first kappa shape index (κ1) is 11.9. The molecule has 1 N–H and O–H groups in total. The zero-order chi connectivity index (χ0) is 11.4. The van der Waals surface area contributed by atoms with Crippen LogP contribution in [-0.2, 0) is 11.3 Å². The molecule has 0 aromatic carbocycles. The molecule has 0 saturated carbocycles. The van der Waals surface area contributed by atoms with Crippen LogP contribution in [0, 0.1) is 6.92 Å². The molecule has 0 radical (unpaired) electrons. The van der Waals surface area contributed by atoms with E-state index in [1.54, 1.807) is 6.20 Å². The second kappa shape index (κ2) is 5.66. The topological polar surface area (TPSA) is 39.1 Å². The van der Waals surface area contributed by atoms with Crippen molar-refractivity contribution < 1.29 is 4.74 Å². The van der Waals surface area contributed by atoms with Crippen molar-refractivity contribution >= 4 is 11.6 Å². The Bertz CT molecular complexity index is 334. The number of nitrogens with zero attached hydrogens (tertiary/aromatic N) is 2. The minimum Gasteiger partial charge on any atom is -0.377 e. The van der Waals surface area contributed by atoms with E-state index in [1.807, 2.05) is 11.6 Å². The molecular weight excluding hydrogens is 226 g/mol. The largest absolute Gasteiger partial charge is 0.377 e. The van der Waals surface area contributed by atoms with Gasteiger partial charge in [-0.05, 0) is 19.8 Å². The highest BCUT2D eigenvalue weighted by Crippen LogP contribution is 2.13. The first-order valence-corrected chi connectivity index (χ1v) is 6.15. The molecule has 0 amide bonds. The summed E-state index contributed by atoms with van der Waals surface area (Å²) in [4.78, 5) is 0. The summed E-state index contributed by atoms with van der Waals surface area (Å²) in [6.07, 6.45) is 4.47. The van der Waals surface area contributed by atoms with E-state index < -0.39 is 0 Å². The van der Waals surface area contributed by atoms with Gasteiger partial charge >= 0.3 is 0 Å². The van der Waals surface area contributed by atoms with Crippen molar-refractivity contribution in [3.63, 3.8) is 0 Å². The summed E-state index contributed by atoms with van der Waals surface area (Å²) in [5.41, 5.74) is 1.03. The molecular formula is C11H18ClN3O. The van der Waals surface area contributed by atoms with E-state index in [2.05, 4.69) is 10.4 Å². The average molecular weight is 244 g/mol. The van der Waals surface area contributed by atoms with Gasteiger partial charge in [-0.25, -0.2) is 0 Å². The Morgan fingerprint density at radius 3 is 3.19 bits per heavy atom. The summed E-state index contributed by atoms with van der Waals surface area (Å²) in [5, 5.41) is 8.32. The predicted octanol–water partition coefficient (Wildman–Crippen LogP) is 1.61. The van der Waals surface area contributed by atoms with Gasteiger partial charge in [0.1, 0.15) is 0 Å². The molecule has 0 bridgehead atoms. The van der Waals surface area contributed by atoms with Crippen molar-refractivity contribution in [1.29, 1.82) is 0 Å². The second-order valence-electron chi connectivity index (χ2n) is 4.14.